The topological polar surface area (TPSA) is 108 Å². The van der Waals surface area contributed by atoms with Gasteiger partial charge in [-0.3, -0.25) is 14.4 Å². The lowest BCUT2D eigenvalue weighted by Gasteiger charge is -2.15. The predicted molar refractivity (Wildman–Crippen MR) is 79.1 cm³/mol. The number of carboxylic acid groups (broad SMARTS) is 1. The van der Waals surface area contributed by atoms with Gasteiger partial charge in [0.1, 0.15) is 6.04 Å². The first kappa shape index (κ1) is 17.1. The maximum Gasteiger partial charge on any atom is 0.325 e. The van der Waals surface area contributed by atoms with Gasteiger partial charge in [-0.15, -0.1) is 11.3 Å². The third-order valence-corrected chi connectivity index (χ3v) is 3.35. The van der Waals surface area contributed by atoms with Crippen molar-refractivity contribution in [1.29, 1.82) is 0 Å². The first-order valence-corrected chi connectivity index (χ1v) is 7.25. The molecular weight excluding hydrogens is 294 g/mol. The van der Waals surface area contributed by atoms with Crippen LogP contribution in [0.2, 0.25) is 0 Å². The quantitative estimate of drug-likeness (QED) is 0.758. The monoisotopic (exact) mass is 313 g/mol. The molecule has 7 nitrogen and oxygen atoms in total. The second kappa shape index (κ2) is 6.66. The minimum Gasteiger partial charge on any atom is -0.480 e. The highest BCUT2D eigenvalue weighted by molar-refractivity contribution is 7.13. The van der Waals surface area contributed by atoms with E-state index in [4.69, 9.17) is 5.11 Å². The van der Waals surface area contributed by atoms with Crippen molar-refractivity contribution in [3.8, 4) is 0 Å². The minimum atomic E-state index is -1.10. The normalized spacial score (nSPS) is 12.6. The number of nitrogens with one attached hydrogen (secondary N) is 2. The van der Waals surface area contributed by atoms with E-state index in [1.165, 1.54) is 18.3 Å². The number of aliphatic carboxylic acids is 1. The molecule has 1 atom stereocenters. The predicted octanol–water partition coefficient (Wildman–Crippen LogP) is 1.26. The molecule has 2 amide bonds. The lowest BCUT2D eigenvalue weighted by Crippen LogP contribution is -2.39. The number of carbonyl (C=O) groups is 3. The number of rotatable bonds is 5. The second-order valence-electron chi connectivity index (χ2n) is 5.65. The number of aromatic nitrogens is 1. The molecule has 1 aromatic rings. The number of anilines is 1. The maximum atomic E-state index is 11.8. The van der Waals surface area contributed by atoms with Gasteiger partial charge >= 0.3 is 5.97 Å². The van der Waals surface area contributed by atoms with Gasteiger partial charge in [0.2, 0.25) is 11.8 Å². The summed E-state index contributed by atoms with van der Waals surface area (Å²) in [5, 5.41) is 15.8. The van der Waals surface area contributed by atoms with Crippen LogP contribution in [0.3, 0.4) is 0 Å². The Morgan fingerprint density at radius 3 is 2.52 bits per heavy atom. The molecule has 3 N–H and O–H groups in total. The van der Waals surface area contributed by atoms with E-state index in [1.807, 2.05) is 0 Å². The zero-order valence-electron chi connectivity index (χ0n) is 12.4. The molecule has 1 unspecified atom stereocenters. The standard InChI is InChI=1S/C13H19N3O4S/c1-7(10(18)19)14-9(17)5-8-6-21-12(15-8)16-11(20)13(2,3)4/h6-7H,5H2,1-4H3,(H,14,17)(H,18,19)(H,15,16,20). The lowest BCUT2D eigenvalue weighted by molar-refractivity contribution is -0.141. The van der Waals surface area contributed by atoms with Crippen molar-refractivity contribution in [1.82, 2.24) is 10.3 Å². The van der Waals surface area contributed by atoms with Crippen molar-refractivity contribution in [2.75, 3.05) is 5.32 Å². The van der Waals surface area contributed by atoms with Crippen molar-refractivity contribution >= 4 is 34.3 Å². The molecule has 0 fully saturated rings. The fourth-order valence-corrected chi connectivity index (χ4v) is 1.95. The van der Waals surface area contributed by atoms with E-state index in [0.29, 0.717) is 10.8 Å². The van der Waals surface area contributed by atoms with Gasteiger partial charge in [-0.1, -0.05) is 20.8 Å². The fourth-order valence-electron chi connectivity index (χ4n) is 1.25. The molecule has 0 aromatic carbocycles. The summed E-state index contributed by atoms with van der Waals surface area (Å²) < 4.78 is 0. The molecule has 0 aliphatic rings. The van der Waals surface area contributed by atoms with Crippen LogP contribution in [0, 0.1) is 5.41 Å². The second-order valence-corrected chi connectivity index (χ2v) is 6.51. The number of thiazole rings is 1. The first-order valence-electron chi connectivity index (χ1n) is 6.37. The Kier molecular flexibility index (Phi) is 5.42. The average Bonchev–Trinajstić information content (AvgIpc) is 2.74. The number of nitrogens with zero attached hydrogens (tertiary/aromatic N) is 1. The van der Waals surface area contributed by atoms with Crippen LogP contribution in [0.5, 0.6) is 0 Å². The smallest absolute Gasteiger partial charge is 0.325 e. The Balaban J connectivity index is 2.58. The van der Waals surface area contributed by atoms with Crippen LogP contribution in [-0.2, 0) is 20.8 Å². The summed E-state index contributed by atoms with van der Waals surface area (Å²) in [6.07, 6.45) is -0.0283. The van der Waals surface area contributed by atoms with Crippen LogP contribution in [-0.4, -0.2) is 33.9 Å². The van der Waals surface area contributed by atoms with Crippen molar-refractivity contribution < 1.29 is 19.5 Å². The summed E-state index contributed by atoms with van der Waals surface area (Å²) in [5.41, 5.74) is -0.0422. The Bertz CT molecular complexity index is 548. The fraction of sp³-hybridized carbons (Fsp3) is 0.538. The highest BCUT2D eigenvalue weighted by Gasteiger charge is 2.22. The molecule has 116 valence electrons. The van der Waals surface area contributed by atoms with E-state index < -0.39 is 23.3 Å². The van der Waals surface area contributed by atoms with E-state index in [9.17, 15) is 14.4 Å². The molecule has 0 saturated carbocycles. The largest absolute Gasteiger partial charge is 0.480 e. The number of carboxylic acids is 1. The van der Waals surface area contributed by atoms with Crippen LogP contribution in [0.15, 0.2) is 5.38 Å². The zero-order chi connectivity index (χ0) is 16.2. The van der Waals surface area contributed by atoms with Gasteiger partial charge in [-0.05, 0) is 6.92 Å². The molecule has 0 spiro atoms. The maximum absolute atomic E-state index is 11.8. The van der Waals surface area contributed by atoms with Crippen LogP contribution in [0.4, 0.5) is 5.13 Å². The van der Waals surface area contributed by atoms with Crippen molar-refractivity contribution in [2.24, 2.45) is 5.41 Å². The molecule has 1 heterocycles. The van der Waals surface area contributed by atoms with Gasteiger partial charge in [0, 0.05) is 10.8 Å². The molecule has 0 saturated heterocycles. The number of carbonyl (C=O) groups excluding carboxylic acids is 2. The van der Waals surface area contributed by atoms with Gasteiger partial charge in [0.05, 0.1) is 12.1 Å². The summed E-state index contributed by atoms with van der Waals surface area (Å²) >= 11 is 1.22. The van der Waals surface area contributed by atoms with Crippen LogP contribution < -0.4 is 10.6 Å². The van der Waals surface area contributed by atoms with E-state index in [1.54, 1.807) is 26.2 Å². The third kappa shape index (κ3) is 5.50. The van der Waals surface area contributed by atoms with Crippen molar-refractivity contribution in [2.45, 2.75) is 40.2 Å². The summed E-state index contributed by atoms with van der Waals surface area (Å²) in [4.78, 5) is 38.2. The SMILES string of the molecule is CC(NC(=O)Cc1csc(NC(=O)C(C)(C)C)n1)C(=O)O. The summed E-state index contributed by atoms with van der Waals surface area (Å²) in [6.45, 7) is 6.75. The van der Waals surface area contributed by atoms with E-state index in [0.717, 1.165) is 0 Å². The highest BCUT2D eigenvalue weighted by Crippen LogP contribution is 2.20. The molecular formula is C13H19N3O4S. The Hall–Kier alpha value is -1.96. The molecule has 1 aromatic heterocycles. The van der Waals surface area contributed by atoms with E-state index >= 15 is 0 Å². The van der Waals surface area contributed by atoms with Gasteiger partial charge in [-0.25, -0.2) is 4.98 Å². The van der Waals surface area contributed by atoms with Gasteiger partial charge < -0.3 is 15.7 Å². The van der Waals surface area contributed by atoms with Gasteiger partial charge in [0.25, 0.3) is 0 Å². The lowest BCUT2D eigenvalue weighted by atomic mass is 9.96. The zero-order valence-corrected chi connectivity index (χ0v) is 13.2. The summed E-state index contributed by atoms with van der Waals surface area (Å²) in [5.74, 6) is -1.68. The number of hydrogen-bond donors (Lipinski definition) is 3. The summed E-state index contributed by atoms with van der Waals surface area (Å²) in [7, 11) is 0. The Morgan fingerprint density at radius 1 is 1.38 bits per heavy atom. The Morgan fingerprint density at radius 2 is 2.00 bits per heavy atom. The number of hydrogen-bond acceptors (Lipinski definition) is 5. The van der Waals surface area contributed by atoms with Crippen LogP contribution >= 0.6 is 11.3 Å². The van der Waals surface area contributed by atoms with E-state index in [-0.39, 0.29) is 12.3 Å². The van der Waals surface area contributed by atoms with Crippen molar-refractivity contribution in [3.05, 3.63) is 11.1 Å². The molecule has 1 rings (SSSR count). The first-order chi connectivity index (χ1) is 9.59. The van der Waals surface area contributed by atoms with Crippen LogP contribution in [0.1, 0.15) is 33.4 Å². The summed E-state index contributed by atoms with van der Waals surface area (Å²) in [6, 6.07) is -0.948. The Labute approximate surface area is 126 Å². The van der Waals surface area contributed by atoms with E-state index in [2.05, 4.69) is 15.6 Å². The molecule has 0 radical (unpaired) electrons. The molecule has 0 aliphatic heterocycles. The molecule has 21 heavy (non-hydrogen) atoms. The van der Waals surface area contributed by atoms with Gasteiger partial charge in [-0.2, -0.15) is 0 Å². The third-order valence-electron chi connectivity index (χ3n) is 2.54. The molecule has 0 aliphatic carbocycles. The minimum absolute atomic E-state index is 0.0283. The molecule has 8 heteroatoms. The average molecular weight is 313 g/mol. The highest BCUT2D eigenvalue weighted by atomic mass is 32.1. The number of amides is 2. The van der Waals surface area contributed by atoms with Gasteiger partial charge in [0.15, 0.2) is 5.13 Å². The van der Waals surface area contributed by atoms with Crippen molar-refractivity contribution in [3.63, 3.8) is 0 Å². The molecule has 0 bridgehead atoms. The van der Waals surface area contributed by atoms with Crippen LogP contribution in [0.25, 0.3) is 0 Å².